The van der Waals surface area contributed by atoms with E-state index in [0.29, 0.717) is 0 Å². The predicted octanol–water partition coefficient (Wildman–Crippen LogP) is -2.54. The molecule has 0 atom stereocenters. The minimum absolute atomic E-state index is 1.33. The summed E-state index contributed by atoms with van der Waals surface area (Å²) in [7, 11) is 8.07. The fourth-order valence-corrected chi connectivity index (χ4v) is 0. The van der Waals surface area contributed by atoms with Gasteiger partial charge in [-0.3, -0.25) is 0 Å². The summed E-state index contributed by atoms with van der Waals surface area (Å²) in [5.74, 6) is 0. The van der Waals surface area contributed by atoms with E-state index in [1.165, 1.54) is 0 Å². The zero-order valence-corrected chi connectivity index (χ0v) is 5.41. The Morgan fingerprint density at radius 3 is 1.20 bits per heavy atom. The standard InChI is InChI=1S/COSi3/c2-1(3,4)5/q-1. The van der Waals surface area contributed by atoms with E-state index in [9.17, 15) is 5.11 Å². The molecule has 0 unspecified atom stereocenters. The highest BCUT2D eigenvalue weighted by molar-refractivity contribution is 6.57. The average molecular weight is 112 g/mol. The van der Waals surface area contributed by atoms with Gasteiger partial charge in [0.15, 0.2) is 0 Å². The lowest BCUT2D eigenvalue weighted by molar-refractivity contribution is -0.381. The number of hydrogen-bond acceptors (Lipinski definition) is 1. The first kappa shape index (κ1) is 5.61. The van der Waals surface area contributed by atoms with Crippen LogP contribution in [0.1, 0.15) is 0 Å². The second-order valence-corrected chi connectivity index (χ2v) is 4.29. The molecule has 0 aliphatic carbocycles. The first-order chi connectivity index (χ1) is 2.00. The van der Waals surface area contributed by atoms with E-state index in [0.717, 1.165) is 0 Å². The van der Waals surface area contributed by atoms with Crippen LogP contribution in [0.15, 0.2) is 0 Å². The normalized spacial score (nSPS) is 12.0. The third-order valence-electron chi connectivity index (χ3n) is 0. The Kier molecular flexibility index (Phi) is 1.54. The lowest BCUT2D eigenvalue weighted by Crippen LogP contribution is -2.45. The Hall–Kier alpha value is 0.611. The van der Waals surface area contributed by atoms with Crippen molar-refractivity contribution in [1.82, 2.24) is 0 Å². The van der Waals surface area contributed by atoms with E-state index in [1.54, 1.807) is 0 Å². The lowest BCUT2D eigenvalue weighted by Gasteiger charge is -2.22. The quantitative estimate of drug-likeness (QED) is 0.317. The molecule has 0 rings (SSSR count). The molecule has 4 heteroatoms. The fraction of sp³-hybridized carbons (Fsp3) is 1.00. The molecule has 23 valence electrons. The van der Waals surface area contributed by atoms with Gasteiger partial charge in [0.1, 0.15) is 0 Å². The molecule has 0 aromatic rings. The van der Waals surface area contributed by atoms with Crippen molar-refractivity contribution in [1.29, 1.82) is 0 Å². The van der Waals surface area contributed by atoms with Crippen LogP contribution >= 0.6 is 0 Å². The molecule has 9 radical (unpaired) electrons. The van der Waals surface area contributed by atoms with E-state index < -0.39 is 4.47 Å². The van der Waals surface area contributed by atoms with E-state index in [1.807, 2.05) is 0 Å². The van der Waals surface area contributed by atoms with Crippen LogP contribution in [0, 0.1) is 0 Å². The molecular formula is COSi3-. The Morgan fingerprint density at radius 2 is 1.20 bits per heavy atom. The lowest BCUT2D eigenvalue weighted by atomic mass is 11.6. The summed E-state index contributed by atoms with van der Waals surface area (Å²) >= 11 is 0. The van der Waals surface area contributed by atoms with Crippen LogP contribution in [0.25, 0.3) is 0 Å². The van der Waals surface area contributed by atoms with Crippen molar-refractivity contribution in [3.05, 3.63) is 0 Å². The maximum Gasteiger partial charge on any atom is 0.00183 e. The van der Waals surface area contributed by atoms with E-state index in [2.05, 4.69) is 30.7 Å². The first-order valence-electron chi connectivity index (χ1n) is 0.954. The monoisotopic (exact) mass is 112 g/mol. The summed E-state index contributed by atoms with van der Waals surface area (Å²) in [6.45, 7) is 0. The SMILES string of the molecule is [O-]C([Si])([Si])[Si]. The Bertz CT molecular complexity index is 22.4. The molecule has 1 nitrogen and oxygen atoms in total. The van der Waals surface area contributed by atoms with Crippen LogP contribution in [-0.2, 0) is 0 Å². The highest BCUT2D eigenvalue weighted by Gasteiger charge is 1.85. The summed E-state index contributed by atoms with van der Waals surface area (Å²) in [5.41, 5.74) is 0. The zero-order valence-electron chi connectivity index (χ0n) is 2.41. The van der Waals surface area contributed by atoms with Gasteiger partial charge in [-0.05, 0) is 0 Å². The molecule has 0 saturated carbocycles. The second-order valence-electron chi connectivity index (χ2n) is 0.681. The second kappa shape index (κ2) is 1.38. The molecule has 0 bridgehead atoms. The summed E-state index contributed by atoms with van der Waals surface area (Å²) in [6, 6.07) is 0. The molecule has 0 heterocycles. The average Bonchev–Trinajstić information content (AvgIpc) is 0.722. The van der Waals surface area contributed by atoms with Crippen molar-refractivity contribution in [2.45, 2.75) is 4.47 Å². The summed E-state index contributed by atoms with van der Waals surface area (Å²) in [5, 5.41) is 9.84. The summed E-state index contributed by atoms with van der Waals surface area (Å²) < 4.78 is -1.33. The van der Waals surface area contributed by atoms with Crippen molar-refractivity contribution in [2.24, 2.45) is 0 Å². The molecule has 0 aliphatic heterocycles. The molecule has 0 N–H and O–H groups in total. The van der Waals surface area contributed by atoms with E-state index >= 15 is 0 Å². The van der Waals surface area contributed by atoms with Gasteiger partial charge in [0.05, 0.1) is 0 Å². The molecule has 0 spiro atoms. The summed E-state index contributed by atoms with van der Waals surface area (Å²) in [4.78, 5) is 0. The number of hydrogen-bond donors (Lipinski definition) is 0. The minimum atomic E-state index is -1.33. The van der Waals surface area contributed by atoms with Gasteiger partial charge in [-0.1, -0.05) is 0 Å². The molecule has 0 amide bonds. The highest BCUT2D eigenvalue weighted by Crippen LogP contribution is 1.64. The van der Waals surface area contributed by atoms with Crippen molar-refractivity contribution >= 4 is 30.7 Å². The van der Waals surface area contributed by atoms with Gasteiger partial charge in [-0.15, -0.1) is 4.47 Å². The van der Waals surface area contributed by atoms with Gasteiger partial charge >= 0.3 is 0 Å². The van der Waals surface area contributed by atoms with Gasteiger partial charge < -0.3 is 5.11 Å². The van der Waals surface area contributed by atoms with Crippen molar-refractivity contribution < 1.29 is 5.11 Å². The molecule has 0 aliphatic rings. The van der Waals surface area contributed by atoms with Crippen LogP contribution < -0.4 is 5.11 Å². The third kappa shape index (κ3) is 84.3. The number of rotatable bonds is 0. The van der Waals surface area contributed by atoms with E-state index in [4.69, 9.17) is 0 Å². The Labute approximate surface area is 41.0 Å². The van der Waals surface area contributed by atoms with Crippen LogP contribution in [0.3, 0.4) is 0 Å². The van der Waals surface area contributed by atoms with Gasteiger partial charge in [-0.2, -0.15) is 0 Å². The molecule has 0 aromatic carbocycles. The van der Waals surface area contributed by atoms with Gasteiger partial charge in [0.25, 0.3) is 0 Å². The Balaban J connectivity index is 3.02. The highest BCUT2D eigenvalue weighted by atomic mass is 28.3. The van der Waals surface area contributed by atoms with E-state index in [-0.39, 0.29) is 0 Å². The van der Waals surface area contributed by atoms with Gasteiger partial charge in [0.2, 0.25) is 0 Å². The van der Waals surface area contributed by atoms with Crippen LogP contribution in [0.2, 0.25) is 0 Å². The smallest absolute Gasteiger partial charge is 0.00183 e. The van der Waals surface area contributed by atoms with Crippen molar-refractivity contribution in [3.63, 3.8) is 0 Å². The molecule has 0 saturated heterocycles. The van der Waals surface area contributed by atoms with Crippen molar-refractivity contribution in [3.8, 4) is 0 Å². The fourth-order valence-electron chi connectivity index (χ4n) is 0. The van der Waals surface area contributed by atoms with Crippen molar-refractivity contribution in [2.75, 3.05) is 0 Å². The first-order valence-corrected chi connectivity index (χ1v) is 2.45. The van der Waals surface area contributed by atoms with Gasteiger partial charge in [-0.25, -0.2) is 0 Å². The topological polar surface area (TPSA) is 23.1 Å². The summed E-state index contributed by atoms with van der Waals surface area (Å²) in [6.07, 6.45) is 0. The predicted molar refractivity (Wildman–Crippen MR) is 20.0 cm³/mol. The minimum Gasteiger partial charge on any atom is -0.857 e. The zero-order chi connectivity index (χ0) is 4.50. The third-order valence-corrected chi connectivity index (χ3v) is 0. The van der Waals surface area contributed by atoms with Crippen LogP contribution in [0.4, 0.5) is 0 Å². The molecule has 0 fully saturated rings. The van der Waals surface area contributed by atoms with Crippen LogP contribution in [0.5, 0.6) is 0 Å². The Morgan fingerprint density at radius 1 is 1.20 bits per heavy atom. The largest absolute Gasteiger partial charge is 0.857 e. The molecule has 5 heavy (non-hydrogen) atoms. The molecular weight excluding hydrogens is 112 g/mol. The maximum atomic E-state index is 9.84. The van der Waals surface area contributed by atoms with Crippen LogP contribution in [-0.4, -0.2) is 35.2 Å². The molecule has 0 aromatic heterocycles. The van der Waals surface area contributed by atoms with Gasteiger partial charge in [0, 0.05) is 30.7 Å². The maximum absolute atomic E-state index is 9.84.